The maximum Gasteiger partial charge on any atom is 0.236 e. The Bertz CT molecular complexity index is 316. The highest BCUT2D eigenvalue weighted by Crippen LogP contribution is 2.67. The first-order valence-corrected chi connectivity index (χ1v) is 7.13. The van der Waals surface area contributed by atoms with Crippen LogP contribution in [-0.2, 0) is 4.79 Å². The van der Waals surface area contributed by atoms with E-state index in [-0.39, 0.29) is 4.83 Å². The van der Waals surface area contributed by atoms with Gasteiger partial charge in [-0.3, -0.25) is 4.79 Å². The standard InChI is InChI=1S/C12H16BrNO/c13-8-3-4-14(12(8)15)11-9-6-1-2-7(5-6)10(9)11/h6-11H,1-5H2. The van der Waals surface area contributed by atoms with Gasteiger partial charge in [-0.05, 0) is 49.4 Å². The molecule has 3 saturated carbocycles. The van der Waals surface area contributed by atoms with Gasteiger partial charge in [0.05, 0.1) is 4.83 Å². The van der Waals surface area contributed by atoms with Gasteiger partial charge < -0.3 is 4.90 Å². The lowest BCUT2D eigenvalue weighted by atomic mass is 10.0. The minimum absolute atomic E-state index is 0.122. The van der Waals surface area contributed by atoms with Crippen LogP contribution in [0.2, 0.25) is 0 Å². The third-order valence-corrected chi connectivity index (χ3v) is 6.08. The molecule has 0 spiro atoms. The van der Waals surface area contributed by atoms with Crippen molar-refractivity contribution >= 4 is 21.8 Å². The van der Waals surface area contributed by atoms with E-state index >= 15 is 0 Å². The lowest BCUT2D eigenvalue weighted by Crippen LogP contribution is -2.33. The summed E-state index contributed by atoms with van der Waals surface area (Å²) in [5, 5.41) is 0. The molecule has 0 aromatic rings. The number of alkyl halides is 1. The van der Waals surface area contributed by atoms with Crippen molar-refractivity contribution in [2.75, 3.05) is 6.54 Å². The number of amides is 1. The first-order chi connectivity index (χ1) is 7.27. The van der Waals surface area contributed by atoms with Crippen molar-refractivity contribution in [3.63, 3.8) is 0 Å². The summed E-state index contributed by atoms with van der Waals surface area (Å²) in [5.41, 5.74) is 0. The van der Waals surface area contributed by atoms with Gasteiger partial charge in [0.25, 0.3) is 0 Å². The number of likely N-dealkylation sites (tertiary alicyclic amines) is 1. The topological polar surface area (TPSA) is 20.3 Å². The molecule has 1 saturated heterocycles. The van der Waals surface area contributed by atoms with Crippen LogP contribution < -0.4 is 0 Å². The molecule has 0 aromatic heterocycles. The summed E-state index contributed by atoms with van der Waals surface area (Å²) in [7, 11) is 0. The molecule has 5 atom stereocenters. The summed E-state index contributed by atoms with van der Waals surface area (Å²) in [5.74, 6) is 4.14. The fraction of sp³-hybridized carbons (Fsp3) is 0.917. The molecule has 2 nitrogen and oxygen atoms in total. The molecule has 4 rings (SSSR count). The molecule has 1 heterocycles. The molecule has 2 bridgehead atoms. The summed E-state index contributed by atoms with van der Waals surface area (Å²) in [6.45, 7) is 1.01. The molecule has 4 aliphatic rings. The quantitative estimate of drug-likeness (QED) is 0.668. The first-order valence-electron chi connectivity index (χ1n) is 6.22. The molecule has 1 aliphatic heterocycles. The van der Waals surface area contributed by atoms with E-state index in [1.165, 1.54) is 19.3 Å². The Balaban J connectivity index is 1.56. The SMILES string of the molecule is O=C1C(Br)CCN1C1C2C3CCC(C3)C21. The van der Waals surface area contributed by atoms with Gasteiger partial charge in [0.15, 0.2) is 0 Å². The van der Waals surface area contributed by atoms with Crippen LogP contribution in [0, 0.1) is 23.7 Å². The number of hydrogen-bond acceptors (Lipinski definition) is 1. The molecule has 3 aliphatic carbocycles. The number of rotatable bonds is 1. The number of halogens is 1. The minimum atomic E-state index is 0.122. The largest absolute Gasteiger partial charge is 0.338 e. The lowest BCUT2D eigenvalue weighted by Gasteiger charge is -2.20. The minimum Gasteiger partial charge on any atom is -0.338 e. The Hall–Kier alpha value is -0.0500. The zero-order chi connectivity index (χ0) is 10.2. The monoisotopic (exact) mass is 269 g/mol. The average Bonchev–Trinajstić information content (AvgIpc) is 2.60. The van der Waals surface area contributed by atoms with Crippen molar-refractivity contribution in [2.24, 2.45) is 23.7 Å². The highest BCUT2D eigenvalue weighted by Gasteiger charge is 2.67. The predicted molar refractivity (Wildman–Crippen MR) is 60.6 cm³/mol. The van der Waals surface area contributed by atoms with Crippen LogP contribution in [0.4, 0.5) is 0 Å². The second-order valence-electron chi connectivity index (χ2n) is 5.77. The highest BCUT2D eigenvalue weighted by atomic mass is 79.9. The van der Waals surface area contributed by atoms with E-state index in [1.807, 2.05) is 0 Å². The molecule has 4 fully saturated rings. The molecule has 82 valence electrons. The van der Waals surface area contributed by atoms with E-state index in [0.717, 1.165) is 36.6 Å². The Morgan fingerprint density at radius 1 is 1.13 bits per heavy atom. The summed E-state index contributed by atoms with van der Waals surface area (Å²) in [6.07, 6.45) is 5.39. The van der Waals surface area contributed by atoms with Gasteiger partial charge in [0.1, 0.15) is 0 Å². The summed E-state index contributed by atoms with van der Waals surface area (Å²) < 4.78 is 0. The van der Waals surface area contributed by atoms with Crippen molar-refractivity contribution in [3.8, 4) is 0 Å². The van der Waals surface area contributed by atoms with E-state index < -0.39 is 0 Å². The summed E-state index contributed by atoms with van der Waals surface area (Å²) in [4.78, 5) is 14.2. The van der Waals surface area contributed by atoms with E-state index in [0.29, 0.717) is 11.9 Å². The molecule has 0 N–H and O–H groups in total. The maximum absolute atomic E-state index is 11.9. The van der Waals surface area contributed by atoms with Crippen molar-refractivity contribution < 1.29 is 4.79 Å². The number of hydrogen-bond donors (Lipinski definition) is 0. The van der Waals surface area contributed by atoms with Crippen molar-refractivity contribution in [2.45, 2.75) is 36.6 Å². The highest BCUT2D eigenvalue weighted by molar-refractivity contribution is 9.10. The van der Waals surface area contributed by atoms with Crippen LogP contribution in [0.25, 0.3) is 0 Å². The summed E-state index contributed by atoms with van der Waals surface area (Å²) in [6, 6.07) is 0.659. The van der Waals surface area contributed by atoms with Crippen LogP contribution in [0.3, 0.4) is 0 Å². The molecular formula is C12H16BrNO. The second-order valence-corrected chi connectivity index (χ2v) is 6.87. The van der Waals surface area contributed by atoms with Gasteiger partial charge >= 0.3 is 0 Å². The number of carbonyl (C=O) groups is 1. The maximum atomic E-state index is 11.9. The fourth-order valence-corrected chi connectivity index (χ4v) is 5.12. The lowest BCUT2D eigenvalue weighted by molar-refractivity contribution is -0.128. The van der Waals surface area contributed by atoms with Crippen molar-refractivity contribution in [1.82, 2.24) is 4.90 Å². The van der Waals surface area contributed by atoms with Crippen LogP contribution in [0.1, 0.15) is 25.7 Å². The van der Waals surface area contributed by atoms with E-state index in [1.54, 1.807) is 0 Å². The zero-order valence-electron chi connectivity index (χ0n) is 8.73. The second kappa shape index (κ2) is 2.79. The number of nitrogens with zero attached hydrogens (tertiary/aromatic N) is 1. The molecule has 15 heavy (non-hydrogen) atoms. The van der Waals surface area contributed by atoms with Gasteiger partial charge in [-0.2, -0.15) is 0 Å². The van der Waals surface area contributed by atoms with E-state index in [4.69, 9.17) is 0 Å². The zero-order valence-corrected chi connectivity index (χ0v) is 10.3. The van der Waals surface area contributed by atoms with Crippen molar-refractivity contribution in [1.29, 1.82) is 0 Å². The molecule has 5 unspecified atom stereocenters. The number of carbonyl (C=O) groups excluding carboxylic acids is 1. The Morgan fingerprint density at radius 2 is 1.80 bits per heavy atom. The van der Waals surface area contributed by atoms with Crippen LogP contribution in [0.5, 0.6) is 0 Å². The smallest absolute Gasteiger partial charge is 0.236 e. The van der Waals surface area contributed by atoms with Gasteiger partial charge in [-0.25, -0.2) is 0 Å². The number of fused-ring (bicyclic) bond motifs is 5. The molecule has 0 aromatic carbocycles. The Kier molecular flexibility index (Phi) is 1.68. The van der Waals surface area contributed by atoms with E-state index in [9.17, 15) is 4.79 Å². The van der Waals surface area contributed by atoms with Crippen LogP contribution in [-0.4, -0.2) is 28.2 Å². The summed E-state index contributed by atoms with van der Waals surface area (Å²) >= 11 is 3.47. The average molecular weight is 270 g/mol. The molecule has 1 amide bonds. The van der Waals surface area contributed by atoms with Gasteiger partial charge in [-0.1, -0.05) is 15.9 Å². The predicted octanol–water partition coefficient (Wildman–Crippen LogP) is 2.03. The van der Waals surface area contributed by atoms with Gasteiger partial charge in [0, 0.05) is 12.6 Å². The van der Waals surface area contributed by atoms with E-state index in [2.05, 4.69) is 20.8 Å². The molecule has 0 radical (unpaired) electrons. The van der Waals surface area contributed by atoms with Crippen LogP contribution in [0.15, 0.2) is 0 Å². The van der Waals surface area contributed by atoms with Crippen molar-refractivity contribution in [3.05, 3.63) is 0 Å². The molecule has 3 heteroatoms. The van der Waals surface area contributed by atoms with Gasteiger partial charge in [-0.15, -0.1) is 0 Å². The Morgan fingerprint density at radius 3 is 2.33 bits per heavy atom. The first kappa shape index (κ1) is 9.03. The molecular weight excluding hydrogens is 254 g/mol. The fourth-order valence-electron chi connectivity index (χ4n) is 4.66. The Labute approximate surface area is 98.5 Å². The van der Waals surface area contributed by atoms with Gasteiger partial charge in [0.2, 0.25) is 5.91 Å². The van der Waals surface area contributed by atoms with Crippen LogP contribution >= 0.6 is 15.9 Å². The normalized spacial score (nSPS) is 56.3. The third kappa shape index (κ3) is 1.03. The third-order valence-electron chi connectivity index (χ3n) is 5.23.